The van der Waals surface area contributed by atoms with Gasteiger partial charge in [0.25, 0.3) is 0 Å². The highest BCUT2D eigenvalue weighted by molar-refractivity contribution is 7.46. The predicted molar refractivity (Wildman–Crippen MR) is 126 cm³/mol. The van der Waals surface area contributed by atoms with E-state index in [1.165, 1.54) is 44.9 Å². The minimum atomic E-state index is -4.51. The molecule has 8 nitrogen and oxygen atoms in total. The first kappa shape index (κ1) is 28.6. The molecule has 2 rings (SSSR count). The SMILES string of the molecule is CCCCCCCCCCOc1cccc(CCC(=O)N2CCC(OP(=O)(O)O)C2)c1.N. The normalized spacial score (nSPS) is 16.1. The number of rotatable bonds is 15. The number of aryl methyl sites for hydroxylation is 1. The molecule has 32 heavy (non-hydrogen) atoms. The van der Waals surface area contributed by atoms with Crippen molar-refractivity contribution in [3.63, 3.8) is 0 Å². The van der Waals surface area contributed by atoms with E-state index in [0.29, 0.717) is 32.4 Å². The first-order valence-electron chi connectivity index (χ1n) is 11.6. The Morgan fingerprint density at radius 1 is 1.12 bits per heavy atom. The van der Waals surface area contributed by atoms with E-state index in [-0.39, 0.29) is 18.6 Å². The maximum Gasteiger partial charge on any atom is 0.469 e. The first-order chi connectivity index (χ1) is 14.9. The van der Waals surface area contributed by atoms with Gasteiger partial charge >= 0.3 is 7.82 Å². The summed E-state index contributed by atoms with van der Waals surface area (Å²) in [6, 6.07) is 7.87. The molecule has 0 bridgehead atoms. The molecule has 1 amide bonds. The summed E-state index contributed by atoms with van der Waals surface area (Å²) >= 11 is 0. The van der Waals surface area contributed by atoms with Gasteiger partial charge in [-0.3, -0.25) is 9.32 Å². The van der Waals surface area contributed by atoms with Gasteiger partial charge in [-0.05, 0) is 37.0 Å². The van der Waals surface area contributed by atoms with Crippen molar-refractivity contribution in [2.75, 3.05) is 19.7 Å². The Hall–Kier alpha value is -1.44. The summed E-state index contributed by atoms with van der Waals surface area (Å²) in [6.45, 7) is 3.64. The second kappa shape index (κ2) is 15.4. The average molecular weight is 473 g/mol. The van der Waals surface area contributed by atoms with Gasteiger partial charge < -0.3 is 25.6 Å². The topological polar surface area (TPSA) is 131 Å². The number of nitrogens with zero attached hydrogens (tertiary/aromatic N) is 1. The van der Waals surface area contributed by atoms with Crippen LogP contribution in [-0.4, -0.2) is 46.4 Å². The molecule has 1 aromatic carbocycles. The molecule has 1 saturated heterocycles. The molecule has 0 spiro atoms. The zero-order valence-electron chi connectivity index (χ0n) is 19.4. The summed E-state index contributed by atoms with van der Waals surface area (Å²) in [5.74, 6) is 0.811. The molecule has 1 unspecified atom stereocenters. The third-order valence-electron chi connectivity index (χ3n) is 5.58. The zero-order valence-corrected chi connectivity index (χ0v) is 20.3. The van der Waals surface area contributed by atoms with Gasteiger partial charge in [-0.15, -0.1) is 0 Å². The highest BCUT2D eigenvalue weighted by Gasteiger charge is 2.31. The number of phosphoric acid groups is 1. The fourth-order valence-electron chi connectivity index (χ4n) is 3.86. The summed E-state index contributed by atoms with van der Waals surface area (Å²) in [7, 11) is -4.51. The lowest BCUT2D eigenvalue weighted by molar-refractivity contribution is -0.130. The molecule has 0 saturated carbocycles. The van der Waals surface area contributed by atoms with Crippen LogP contribution >= 0.6 is 7.82 Å². The van der Waals surface area contributed by atoms with E-state index in [9.17, 15) is 9.36 Å². The molecule has 5 N–H and O–H groups in total. The van der Waals surface area contributed by atoms with Crippen molar-refractivity contribution in [1.29, 1.82) is 0 Å². The molecule has 1 aliphatic rings. The standard InChI is InChI=1S/C23H38NO6P.H3N/c1-2-3-4-5-6-7-8-9-17-29-21-12-10-11-20(18-21)13-14-23(25)24-16-15-22(19-24)30-31(26,27)28;/h10-12,18,22H,2-9,13-17,19H2,1H3,(H2,26,27,28);1H3. The van der Waals surface area contributed by atoms with Gasteiger partial charge in [-0.2, -0.15) is 0 Å². The summed E-state index contributed by atoms with van der Waals surface area (Å²) in [5, 5.41) is 0. The van der Waals surface area contributed by atoms with E-state index in [2.05, 4.69) is 6.92 Å². The fourth-order valence-corrected chi connectivity index (χ4v) is 4.42. The van der Waals surface area contributed by atoms with Gasteiger partial charge in [0.15, 0.2) is 0 Å². The molecule has 0 aliphatic carbocycles. The quantitative estimate of drug-likeness (QED) is 0.241. The number of hydrogen-bond donors (Lipinski definition) is 3. The molecule has 184 valence electrons. The van der Waals surface area contributed by atoms with Crippen LogP contribution in [0.5, 0.6) is 5.75 Å². The summed E-state index contributed by atoms with van der Waals surface area (Å²) in [5.41, 5.74) is 1.05. The van der Waals surface area contributed by atoms with E-state index in [4.69, 9.17) is 19.0 Å². The van der Waals surface area contributed by atoms with Crippen LogP contribution in [0.2, 0.25) is 0 Å². The maximum atomic E-state index is 12.4. The third-order valence-corrected chi connectivity index (χ3v) is 6.15. The number of benzene rings is 1. The van der Waals surface area contributed by atoms with Crippen LogP contribution in [0.25, 0.3) is 0 Å². The van der Waals surface area contributed by atoms with Gasteiger partial charge in [0.2, 0.25) is 5.91 Å². The minimum absolute atomic E-state index is 0. The molecule has 0 radical (unpaired) electrons. The lowest BCUT2D eigenvalue weighted by Gasteiger charge is -2.17. The Kier molecular flexibility index (Phi) is 13.8. The van der Waals surface area contributed by atoms with E-state index >= 15 is 0 Å². The number of unbranched alkanes of at least 4 members (excludes halogenated alkanes) is 7. The fraction of sp³-hybridized carbons (Fsp3) is 0.696. The van der Waals surface area contributed by atoms with Crippen molar-refractivity contribution in [2.45, 2.75) is 83.7 Å². The zero-order chi connectivity index (χ0) is 22.5. The Morgan fingerprint density at radius 2 is 1.81 bits per heavy atom. The summed E-state index contributed by atoms with van der Waals surface area (Å²) in [6.07, 6.45) is 11.0. The van der Waals surface area contributed by atoms with Crippen LogP contribution < -0.4 is 10.9 Å². The van der Waals surface area contributed by atoms with Crippen molar-refractivity contribution < 1.29 is 28.4 Å². The van der Waals surface area contributed by atoms with Crippen molar-refractivity contribution in [2.24, 2.45) is 0 Å². The average Bonchev–Trinajstić information content (AvgIpc) is 3.18. The van der Waals surface area contributed by atoms with Gasteiger partial charge in [-0.1, -0.05) is 64.0 Å². The molecule has 0 aromatic heterocycles. The lowest BCUT2D eigenvalue weighted by Crippen LogP contribution is -2.30. The molecule has 1 heterocycles. The van der Waals surface area contributed by atoms with E-state index in [1.807, 2.05) is 24.3 Å². The number of amides is 1. The molecule has 1 aliphatic heterocycles. The highest BCUT2D eigenvalue weighted by Crippen LogP contribution is 2.39. The number of hydrogen-bond acceptors (Lipinski definition) is 5. The molecule has 9 heteroatoms. The smallest absolute Gasteiger partial charge is 0.469 e. The largest absolute Gasteiger partial charge is 0.494 e. The van der Waals surface area contributed by atoms with Crippen molar-refractivity contribution in [3.05, 3.63) is 29.8 Å². The Labute approximate surface area is 192 Å². The van der Waals surface area contributed by atoms with Crippen LogP contribution in [0.4, 0.5) is 0 Å². The summed E-state index contributed by atoms with van der Waals surface area (Å²) < 4.78 is 21.5. The molecule has 1 aromatic rings. The second-order valence-electron chi connectivity index (χ2n) is 8.32. The van der Waals surface area contributed by atoms with Gasteiger partial charge in [0, 0.05) is 19.5 Å². The first-order valence-corrected chi connectivity index (χ1v) is 13.1. The van der Waals surface area contributed by atoms with Crippen molar-refractivity contribution in [1.82, 2.24) is 11.1 Å². The Bertz CT molecular complexity index is 711. The van der Waals surface area contributed by atoms with E-state index in [0.717, 1.165) is 17.7 Å². The molecule has 1 fully saturated rings. The Balaban J connectivity index is 0.00000512. The van der Waals surface area contributed by atoms with E-state index in [1.54, 1.807) is 4.90 Å². The predicted octanol–water partition coefficient (Wildman–Crippen LogP) is 5.01. The molecular formula is C23H41N2O6P. The highest BCUT2D eigenvalue weighted by atomic mass is 31.2. The number of carbonyl (C=O) groups is 1. The van der Waals surface area contributed by atoms with Gasteiger partial charge in [0.05, 0.1) is 12.7 Å². The third kappa shape index (κ3) is 12.0. The van der Waals surface area contributed by atoms with Crippen LogP contribution in [0, 0.1) is 0 Å². The van der Waals surface area contributed by atoms with Crippen LogP contribution in [-0.2, 0) is 20.3 Å². The number of phosphoric ester groups is 1. The second-order valence-corrected chi connectivity index (χ2v) is 9.51. The van der Waals surface area contributed by atoms with Gasteiger partial charge in [0.1, 0.15) is 5.75 Å². The monoisotopic (exact) mass is 472 g/mol. The number of likely N-dealkylation sites (tertiary alicyclic amines) is 1. The number of carbonyl (C=O) groups excluding carboxylic acids is 1. The lowest BCUT2D eigenvalue weighted by atomic mass is 10.1. The number of ether oxygens (including phenoxy) is 1. The van der Waals surface area contributed by atoms with Crippen molar-refractivity contribution in [3.8, 4) is 5.75 Å². The Morgan fingerprint density at radius 3 is 2.50 bits per heavy atom. The maximum absolute atomic E-state index is 12.4. The van der Waals surface area contributed by atoms with E-state index < -0.39 is 13.9 Å². The summed E-state index contributed by atoms with van der Waals surface area (Å²) in [4.78, 5) is 31.8. The molecular weight excluding hydrogens is 431 g/mol. The molecule has 1 atom stereocenters. The van der Waals surface area contributed by atoms with Crippen LogP contribution in [0.1, 0.15) is 76.7 Å². The van der Waals surface area contributed by atoms with Crippen molar-refractivity contribution >= 4 is 13.7 Å². The minimum Gasteiger partial charge on any atom is -0.494 e. The van der Waals surface area contributed by atoms with Gasteiger partial charge in [-0.25, -0.2) is 4.57 Å². The van der Waals surface area contributed by atoms with Crippen LogP contribution in [0.15, 0.2) is 24.3 Å². The van der Waals surface area contributed by atoms with Crippen LogP contribution in [0.3, 0.4) is 0 Å².